The molecule has 0 bridgehead atoms. The van der Waals surface area contributed by atoms with Crippen molar-refractivity contribution in [2.45, 2.75) is 11.4 Å². The van der Waals surface area contributed by atoms with Crippen LogP contribution in [0.2, 0.25) is 0 Å². The van der Waals surface area contributed by atoms with E-state index in [1.807, 2.05) is 11.9 Å². The lowest BCUT2D eigenvalue weighted by atomic mass is 10.1. The van der Waals surface area contributed by atoms with Gasteiger partial charge in [-0.1, -0.05) is 31.4 Å². The number of anilines is 1. The number of carbonyl (C=O) groups excluding carboxylic acids is 1. The number of amides is 1. The van der Waals surface area contributed by atoms with Crippen LogP contribution in [0.25, 0.3) is 5.65 Å². The van der Waals surface area contributed by atoms with Gasteiger partial charge >= 0.3 is 10.2 Å². The van der Waals surface area contributed by atoms with E-state index < -0.39 is 32.3 Å². The Hall–Kier alpha value is -4.06. The summed E-state index contributed by atoms with van der Waals surface area (Å²) in [5.74, 6) is 4.90. The van der Waals surface area contributed by atoms with Crippen LogP contribution < -0.4 is 5.32 Å². The molecule has 1 aromatic carbocycles. The number of fused-ring (bicyclic) bond motifs is 1. The van der Waals surface area contributed by atoms with Crippen LogP contribution in [0.5, 0.6) is 0 Å². The molecule has 1 saturated heterocycles. The Morgan fingerprint density at radius 2 is 1.77 bits per heavy atom. The van der Waals surface area contributed by atoms with Gasteiger partial charge in [-0.3, -0.25) is 14.7 Å². The molecule has 4 aromatic rings. The number of pyridine rings is 1. The van der Waals surface area contributed by atoms with Crippen LogP contribution in [0.4, 0.5) is 25.1 Å². The first-order valence-electron chi connectivity index (χ1n) is 12.1. The molecule has 4 heterocycles. The Labute approximate surface area is 226 Å². The Morgan fingerprint density at radius 3 is 2.52 bits per heavy atom. The lowest BCUT2D eigenvalue weighted by Crippen LogP contribution is -2.44. The van der Waals surface area contributed by atoms with Crippen LogP contribution in [0.3, 0.4) is 0 Å². The molecule has 3 aromatic heterocycles. The third kappa shape index (κ3) is 6.39. The zero-order chi connectivity index (χ0) is 28.6. The van der Waals surface area contributed by atoms with Crippen LogP contribution in [0, 0.1) is 11.8 Å². The van der Waals surface area contributed by atoms with Gasteiger partial charge in [-0.05, 0) is 48.9 Å². The summed E-state index contributed by atoms with van der Waals surface area (Å²) in [5, 5.41) is 6.44. The minimum absolute atomic E-state index is 0.0153. The fourth-order valence-electron chi connectivity index (χ4n) is 4.26. The third-order valence-electron chi connectivity index (χ3n) is 6.34. The minimum Gasteiger partial charge on any atom is -0.322 e. The first kappa shape index (κ1) is 27.5. The Morgan fingerprint density at radius 1 is 1.00 bits per heavy atom. The molecule has 210 valence electrons. The van der Waals surface area contributed by atoms with Crippen LogP contribution in [0.15, 0.2) is 66.1 Å². The second kappa shape index (κ2) is 9.54. The number of hydrogen-bond acceptors (Lipinski definition) is 6. The monoisotopic (exact) mass is 577 g/mol. The number of hydrogen-bond donors (Lipinski definition) is 1. The van der Waals surface area contributed by atoms with Crippen LogP contribution in [-0.2, 0) is 6.54 Å². The van der Waals surface area contributed by atoms with E-state index >= 15 is 0 Å². The molecule has 1 amide bonds. The normalized spacial score (nSPS) is 16.6. The highest BCUT2D eigenvalue weighted by atomic mass is 32.5. The predicted octanol–water partition coefficient (Wildman–Crippen LogP) is 5.18. The van der Waals surface area contributed by atoms with Gasteiger partial charge < -0.3 is 10.2 Å². The van der Waals surface area contributed by atoms with Gasteiger partial charge in [-0.25, -0.2) is 9.50 Å². The average molecular weight is 578 g/mol. The number of nitrogens with one attached hydrogen (secondary N) is 1. The molecule has 0 saturated carbocycles. The van der Waals surface area contributed by atoms with E-state index in [0.29, 0.717) is 49.1 Å². The zero-order valence-electron chi connectivity index (χ0n) is 21.2. The first-order valence-corrected chi connectivity index (χ1v) is 14.1. The Kier molecular flexibility index (Phi) is 6.56. The van der Waals surface area contributed by atoms with Gasteiger partial charge in [0.15, 0.2) is 5.65 Å². The number of benzene rings is 1. The van der Waals surface area contributed by atoms with Crippen molar-refractivity contribution in [2.24, 2.45) is 0 Å². The molecule has 40 heavy (non-hydrogen) atoms. The highest BCUT2D eigenvalue weighted by molar-refractivity contribution is 8.45. The Bertz CT molecular complexity index is 1660. The smallest absolute Gasteiger partial charge is 0.310 e. The van der Waals surface area contributed by atoms with Gasteiger partial charge in [0.2, 0.25) is 0 Å². The van der Waals surface area contributed by atoms with Crippen LogP contribution in [-0.4, -0.2) is 68.5 Å². The fraction of sp³-hybridized carbons (Fsp3) is 0.231. The van der Waals surface area contributed by atoms with E-state index in [1.54, 1.807) is 23.2 Å². The number of piperazine rings is 1. The second-order valence-electron chi connectivity index (χ2n) is 9.47. The van der Waals surface area contributed by atoms with Crippen molar-refractivity contribution in [3.63, 3.8) is 0 Å². The summed E-state index contributed by atoms with van der Waals surface area (Å²) in [7, 11) is -8.19. The summed E-state index contributed by atoms with van der Waals surface area (Å²) in [5.41, 5.74) is 0.461. The van der Waals surface area contributed by atoms with Crippen molar-refractivity contribution in [1.29, 1.82) is 0 Å². The lowest BCUT2D eigenvalue weighted by Gasteiger charge is -2.42. The molecule has 1 N–H and O–H groups in total. The number of aromatic nitrogens is 4. The zero-order valence-corrected chi connectivity index (χ0v) is 22.0. The molecule has 1 aliphatic rings. The summed E-state index contributed by atoms with van der Waals surface area (Å²) in [6, 6.07) is 7.35. The maximum absolute atomic E-state index is 14.0. The Balaban J connectivity index is 1.37. The van der Waals surface area contributed by atoms with E-state index in [0.717, 1.165) is 6.07 Å². The molecule has 0 unspecified atom stereocenters. The van der Waals surface area contributed by atoms with E-state index in [2.05, 4.69) is 32.2 Å². The third-order valence-corrected chi connectivity index (χ3v) is 7.55. The number of halogens is 5. The van der Waals surface area contributed by atoms with Crippen LogP contribution >= 0.6 is 10.2 Å². The molecule has 14 heteroatoms. The highest BCUT2D eigenvalue weighted by Gasteiger charge is 2.66. The average Bonchev–Trinajstić information content (AvgIpc) is 3.31. The maximum Gasteiger partial charge on any atom is 0.310 e. The van der Waals surface area contributed by atoms with Crippen LogP contribution in [0.1, 0.15) is 27.2 Å². The molecule has 1 aliphatic heterocycles. The first-order chi connectivity index (χ1) is 18.7. The van der Waals surface area contributed by atoms with Crippen molar-refractivity contribution < 1.29 is 24.2 Å². The minimum atomic E-state index is -10.1. The van der Waals surface area contributed by atoms with Gasteiger partial charge in [0, 0.05) is 62.6 Å². The molecule has 8 nitrogen and oxygen atoms in total. The maximum atomic E-state index is 14.0. The molecule has 0 radical (unpaired) electrons. The van der Waals surface area contributed by atoms with Crippen molar-refractivity contribution in [3.8, 4) is 11.8 Å². The van der Waals surface area contributed by atoms with Crippen molar-refractivity contribution >= 4 is 27.5 Å². The number of carbonyl (C=O) groups is 1. The standard InChI is InChI=1S/C26H24F5N7OS/c1-36-9-11-37(12-10-36)18-20-5-6-22(14-24(20)40(27,28,29,30)31)35-26(39)21-13-19(15-32-16-21)4-7-23-17-33-25-3-2-8-34-38(23)25/h2-3,5-6,8,13-17H,9-12,18H2,1H3,(H,35,39). The summed E-state index contributed by atoms with van der Waals surface area (Å²) >= 11 is 0. The molecule has 5 rings (SSSR count). The summed E-state index contributed by atoms with van der Waals surface area (Å²) in [6.45, 7) is 1.86. The molecule has 0 atom stereocenters. The number of nitrogens with zero attached hydrogens (tertiary/aromatic N) is 6. The van der Waals surface area contributed by atoms with Gasteiger partial charge in [0.25, 0.3) is 5.91 Å². The van der Waals surface area contributed by atoms with E-state index in [-0.39, 0.29) is 12.1 Å². The second-order valence-corrected chi connectivity index (χ2v) is 11.9. The molecule has 0 spiro atoms. The largest absolute Gasteiger partial charge is 0.322 e. The summed E-state index contributed by atoms with van der Waals surface area (Å²) in [4.78, 5) is 22.7. The molecular formula is C26H24F5N7OS. The van der Waals surface area contributed by atoms with Crippen molar-refractivity contribution in [3.05, 3.63) is 83.6 Å². The van der Waals surface area contributed by atoms with Gasteiger partial charge in [-0.2, -0.15) is 5.10 Å². The van der Waals surface area contributed by atoms with E-state index in [1.165, 1.54) is 35.2 Å². The quantitative estimate of drug-likeness (QED) is 0.260. The number of rotatable bonds is 5. The lowest BCUT2D eigenvalue weighted by molar-refractivity contribution is 0.102. The topological polar surface area (TPSA) is 78.7 Å². The van der Waals surface area contributed by atoms with Crippen molar-refractivity contribution in [2.75, 3.05) is 38.5 Å². The molecule has 0 aliphatic carbocycles. The van der Waals surface area contributed by atoms with E-state index in [4.69, 9.17) is 0 Å². The number of likely N-dealkylation sites (N-methyl/N-ethyl adjacent to an activating group) is 1. The predicted molar refractivity (Wildman–Crippen MR) is 142 cm³/mol. The van der Waals surface area contributed by atoms with Gasteiger partial charge in [0.1, 0.15) is 10.6 Å². The highest BCUT2D eigenvalue weighted by Crippen LogP contribution is 3.02. The van der Waals surface area contributed by atoms with Gasteiger partial charge in [0.05, 0.1) is 11.8 Å². The summed E-state index contributed by atoms with van der Waals surface area (Å²) in [6.07, 6.45) is 5.71. The number of imidazole rings is 1. The summed E-state index contributed by atoms with van der Waals surface area (Å²) < 4.78 is 71.7. The SMILES string of the molecule is CN1CCN(Cc2ccc(NC(=O)c3cncc(C#Cc4cnc5cccnn45)c3)cc2S(F)(F)(F)(F)F)CC1. The van der Waals surface area contributed by atoms with E-state index in [9.17, 15) is 24.2 Å². The van der Waals surface area contributed by atoms with Gasteiger partial charge in [-0.15, -0.1) is 0 Å². The molecular weight excluding hydrogens is 553 g/mol. The van der Waals surface area contributed by atoms with Crippen molar-refractivity contribution in [1.82, 2.24) is 29.4 Å². The fourth-order valence-corrected chi connectivity index (χ4v) is 5.23. The molecule has 1 fully saturated rings.